The van der Waals surface area contributed by atoms with Crippen molar-refractivity contribution >= 4 is 28.2 Å². The summed E-state index contributed by atoms with van der Waals surface area (Å²) in [6.07, 6.45) is 5.12. The Morgan fingerprint density at radius 3 is 3.06 bits per heavy atom. The van der Waals surface area contributed by atoms with Crippen LogP contribution in [0.3, 0.4) is 0 Å². The molecular formula is C11H8IN3O. The van der Waals surface area contributed by atoms with Gasteiger partial charge in [-0.15, -0.1) is 0 Å². The van der Waals surface area contributed by atoms with Crippen molar-refractivity contribution in [3.05, 3.63) is 42.6 Å². The highest BCUT2D eigenvalue weighted by Crippen LogP contribution is 2.21. The molecule has 0 aliphatic carbocycles. The molecule has 0 N–H and O–H groups in total. The predicted molar refractivity (Wildman–Crippen MR) is 68.4 cm³/mol. The zero-order valence-electron chi connectivity index (χ0n) is 8.30. The molecule has 0 spiro atoms. The van der Waals surface area contributed by atoms with Gasteiger partial charge in [0.05, 0.1) is 30.1 Å². The van der Waals surface area contributed by atoms with E-state index in [1.807, 2.05) is 22.7 Å². The molecule has 3 aromatic rings. The first-order valence-electron chi connectivity index (χ1n) is 4.80. The van der Waals surface area contributed by atoms with Gasteiger partial charge < -0.3 is 4.42 Å². The summed E-state index contributed by atoms with van der Waals surface area (Å²) >= 11 is 2.32. The Morgan fingerprint density at radius 2 is 2.31 bits per heavy atom. The molecule has 0 amide bonds. The minimum atomic E-state index is 0.866. The van der Waals surface area contributed by atoms with Crippen LogP contribution in [-0.4, -0.2) is 14.6 Å². The normalized spacial score (nSPS) is 11.1. The Balaban J connectivity index is 2.27. The molecule has 0 bridgehead atoms. The number of hydrogen-bond acceptors (Lipinski definition) is 3. The van der Waals surface area contributed by atoms with Gasteiger partial charge in [-0.3, -0.25) is 0 Å². The van der Waals surface area contributed by atoms with Crippen molar-refractivity contribution in [2.45, 2.75) is 4.43 Å². The number of fused-ring (bicyclic) bond motifs is 1. The van der Waals surface area contributed by atoms with E-state index in [0.29, 0.717) is 0 Å². The van der Waals surface area contributed by atoms with E-state index >= 15 is 0 Å². The Labute approximate surface area is 105 Å². The highest BCUT2D eigenvalue weighted by molar-refractivity contribution is 14.1. The molecule has 0 atom stereocenters. The lowest BCUT2D eigenvalue weighted by molar-refractivity contribution is 0.568. The summed E-state index contributed by atoms with van der Waals surface area (Å²) in [5, 5.41) is 4.24. The maximum Gasteiger partial charge on any atom is 0.155 e. The van der Waals surface area contributed by atoms with Gasteiger partial charge in [0, 0.05) is 16.1 Å². The van der Waals surface area contributed by atoms with E-state index in [4.69, 9.17) is 4.42 Å². The topological polar surface area (TPSA) is 43.3 Å². The molecule has 3 aromatic heterocycles. The second-order valence-corrected chi connectivity index (χ2v) is 4.14. The van der Waals surface area contributed by atoms with E-state index in [0.717, 1.165) is 27.0 Å². The molecule has 0 saturated heterocycles. The molecule has 4 nitrogen and oxygen atoms in total. The van der Waals surface area contributed by atoms with Crippen LogP contribution in [0.1, 0.15) is 5.69 Å². The highest BCUT2D eigenvalue weighted by atomic mass is 127. The van der Waals surface area contributed by atoms with Crippen LogP contribution < -0.4 is 0 Å². The Bertz CT molecular complexity index is 615. The molecule has 0 aromatic carbocycles. The third-order valence-corrected chi connectivity index (χ3v) is 3.17. The molecule has 0 unspecified atom stereocenters. The third kappa shape index (κ3) is 1.51. The first-order chi connectivity index (χ1) is 7.88. The van der Waals surface area contributed by atoms with E-state index in [1.165, 1.54) is 0 Å². The molecule has 0 fully saturated rings. The van der Waals surface area contributed by atoms with Gasteiger partial charge in [0.2, 0.25) is 0 Å². The lowest BCUT2D eigenvalue weighted by Crippen LogP contribution is -1.99. The summed E-state index contributed by atoms with van der Waals surface area (Å²) in [5.74, 6) is 0. The summed E-state index contributed by atoms with van der Waals surface area (Å²) < 4.78 is 7.82. The highest BCUT2D eigenvalue weighted by Gasteiger charge is 2.07. The van der Waals surface area contributed by atoms with E-state index in [1.54, 1.807) is 18.7 Å². The summed E-state index contributed by atoms with van der Waals surface area (Å²) in [4.78, 5) is 4.52. The summed E-state index contributed by atoms with van der Waals surface area (Å²) in [6.45, 7) is 0. The van der Waals surface area contributed by atoms with Gasteiger partial charge in [0.25, 0.3) is 0 Å². The fourth-order valence-corrected chi connectivity index (χ4v) is 2.17. The third-order valence-electron chi connectivity index (χ3n) is 2.39. The molecule has 3 heterocycles. The minimum Gasteiger partial charge on any atom is -0.472 e. The number of halogens is 1. The number of rotatable bonds is 2. The van der Waals surface area contributed by atoms with Gasteiger partial charge >= 0.3 is 0 Å². The predicted octanol–water partition coefficient (Wildman–Crippen LogP) is 2.92. The quantitative estimate of drug-likeness (QED) is 0.537. The zero-order valence-corrected chi connectivity index (χ0v) is 10.5. The molecule has 0 radical (unpaired) electrons. The lowest BCUT2D eigenvalue weighted by Gasteiger charge is -2.03. The van der Waals surface area contributed by atoms with Crippen LogP contribution in [0.2, 0.25) is 0 Å². The smallest absolute Gasteiger partial charge is 0.155 e. The maximum atomic E-state index is 5.07. The Kier molecular flexibility index (Phi) is 2.39. The first kappa shape index (κ1) is 9.83. The van der Waals surface area contributed by atoms with Crippen molar-refractivity contribution in [1.82, 2.24) is 14.6 Å². The second kappa shape index (κ2) is 3.89. The molecular weight excluding hydrogens is 317 g/mol. The lowest BCUT2D eigenvalue weighted by atomic mass is 10.2. The number of alkyl halides is 1. The van der Waals surface area contributed by atoms with Crippen LogP contribution in [0.15, 0.2) is 41.3 Å². The largest absolute Gasteiger partial charge is 0.472 e. The van der Waals surface area contributed by atoms with Crippen LogP contribution in [0.25, 0.3) is 16.9 Å². The molecule has 80 valence electrons. The van der Waals surface area contributed by atoms with Crippen LogP contribution >= 0.6 is 22.6 Å². The van der Waals surface area contributed by atoms with Crippen molar-refractivity contribution in [2.75, 3.05) is 0 Å². The average Bonchev–Trinajstić information content (AvgIpc) is 2.97. The summed E-state index contributed by atoms with van der Waals surface area (Å²) in [6, 6.07) is 5.85. The van der Waals surface area contributed by atoms with Gasteiger partial charge in [-0.05, 0) is 12.1 Å². The Hall–Kier alpha value is -1.37. The van der Waals surface area contributed by atoms with Crippen molar-refractivity contribution in [3.63, 3.8) is 0 Å². The summed E-state index contributed by atoms with van der Waals surface area (Å²) in [7, 11) is 0. The van der Waals surface area contributed by atoms with Gasteiger partial charge in [0.1, 0.15) is 0 Å². The standard InChI is InChI=1S/C11H8IN3O/c12-6-9-5-10(8-2-4-16-7-8)14-11-1-3-13-15(9)11/h1-5,7H,6H2. The second-order valence-electron chi connectivity index (χ2n) is 3.38. The molecule has 16 heavy (non-hydrogen) atoms. The molecule has 3 rings (SSSR count). The molecule has 5 heteroatoms. The van der Waals surface area contributed by atoms with Crippen molar-refractivity contribution in [3.8, 4) is 11.3 Å². The van der Waals surface area contributed by atoms with Gasteiger partial charge in [-0.1, -0.05) is 22.6 Å². The van der Waals surface area contributed by atoms with Crippen molar-refractivity contribution in [2.24, 2.45) is 0 Å². The summed E-state index contributed by atoms with van der Waals surface area (Å²) in [5.41, 5.74) is 3.92. The van der Waals surface area contributed by atoms with E-state index < -0.39 is 0 Å². The van der Waals surface area contributed by atoms with Crippen LogP contribution in [0.4, 0.5) is 0 Å². The van der Waals surface area contributed by atoms with Crippen LogP contribution in [-0.2, 0) is 4.43 Å². The molecule has 0 aliphatic heterocycles. The van der Waals surface area contributed by atoms with Crippen molar-refractivity contribution < 1.29 is 4.42 Å². The fraction of sp³-hybridized carbons (Fsp3) is 0.0909. The molecule has 0 aliphatic rings. The van der Waals surface area contributed by atoms with Crippen LogP contribution in [0, 0.1) is 0 Å². The number of hydrogen-bond donors (Lipinski definition) is 0. The Morgan fingerprint density at radius 1 is 1.38 bits per heavy atom. The SMILES string of the molecule is ICc1cc(-c2ccoc2)nc2ccnn12. The zero-order chi connectivity index (χ0) is 11.0. The maximum absolute atomic E-state index is 5.07. The first-order valence-corrected chi connectivity index (χ1v) is 6.33. The van der Waals surface area contributed by atoms with Gasteiger partial charge in [-0.2, -0.15) is 5.10 Å². The van der Waals surface area contributed by atoms with E-state index in [9.17, 15) is 0 Å². The van der Waals surface area contributed by atoms with E-state index in [2.05, 4.69) is 32.7 Å². The van der Waals surface area contributed by atoms with Gasteiger partial charge in [-0.25, -0.2) is 9.50 Å². The number of nitrogens with zero attached hydrogens (tertiary/aromatic N) is 3. The fourth-order valence-electron chi connectivity index (χ4n) is 1.63. The van der Waals surface area contributed by atoms with Gasteiger partial charge in [0.15, 0.2) is 5.65 Å². The van der Waals surface area contributed by atoms with Crippen molar-refractivity contribution in [1.29, 1.82) is 0 Å². The van der Waals surface area contributed by atoms with Crippen LogP contribution in [0.5, 0.6) is 0 Å². The monoisotopic (exact) mass is 325 g/mol. The molecule has 0 saturated carbocycles. The number of furan rings is 1. The average molecular weight is 325 g/mol. The minimum absolute atomic E-state index is 0.866. The number of aromatic nitrogens is 3. The van der Waals surface area contributed by atoms with E-state index in [-0.39, 0.29) is 0 Å².